The van der Waals surface area contributed by atoms with Crippen molar-refractivity contribution in [1.29, 1.82) is 0 Å². The molecule has 0 bridgehead atoms. The standard InChI is InChI=1S/C15H17N5OS/c1-3-6-11-7-5-8-12(13(11)21)10-16-18-14-17-15(20-19-14)22-9-4-2/h3-5,7-8,10,21H,1-2,6,9H2,(H2,17,18,19,20)/b16-10-. The van der Waals surface area contributed by atoms with Crippen LogP contribution in [0.4, 0.5) is 5.95 Å². The third-order valence-corrected chi connectivity index (χ3v) is 3.53. The lowest BCUT2D eigenvalue weighted by Crippen LogP contribution is -1.94. The molecule has 0 unspecified atom stereocenters. The number of phenols is 1. The minimum absolute atomic E-state index is 0.202. The van der Waals surface area contributed by atoms with Crippen LogP contribution in [0.2, 0.25) is 0 Å². The number of nitrogens with zero attached hydrogens (tertiary/aromatic N) is 3. The molecule has 1 aromatic heterocycles. The lowest BCUT2D eigenvalue weighted by Gasteiger charge is -2.04. The molecule has 0 aliphatic rings. The second-order valence-corrected chi connectivity index (χ2v) is 5.27. The van der Waals surface area contributed by atoms with Crippen LogP contribution in [-0.2, 0) is 6.42 Å². The van der Waals surface area contributed by atoms with Gasteiger partial charge in [-0.15, -0.1) is 18.3 Å². The molecule has 0 radical (unpaired) electrons. The summed E-state index contributed by atoms with van der Waals surface area (Å²) in [7, 11) is 0. The molecule has 0 amide bonds. The van der Waals surface area contributed by atoms with E-state index in [4.69, 9.17) is 0 Å². The van der Waals surface area contributed by atoms with E-state index in [2.05, 4.69) is 38.9 Å². The summed E-state index contributed by atoms with van der Waals surface area (Å²) in [5, 5.41) is 21.5. The van der Waals surface area contributed by atoms with E-state index in [1.165, 1.54) is 18.0 Å². The number of hydrogen-bond donors (Lipinski definition) is 3. The zero-order chi connectivity index (χ0) is 15.8. The molecule has 7 heteroatoms. The SMILES string of the molecule is C=CCSc1n[nH]c(N/N=C\c2cccc(CC=C)c2O)n1. The summed E-state index contributed by atoms with van der Waals surface area (Å²) in [6, 6.07) is 5.48. The second-order valence-electron chi connectivity index (χ2n) is 4.28. The van der Waals surface area contributed by atoms with E-state index in [1.54, 1.807) is 18.2 Å². The van der Waals surface area contributed by atoms with E-state index in [1.807, 2.05) is 12.1 Å². The van der Waals surface area contributed by atoms with Gasteiger partial charge in [0.25, 0.3) is 0 Å². The predicted octanol–water partition coefficient (Wildman–Crippen LogP) is 2.96. The van der Waals surface area contributed by atoms with Crippen molar-refractivity contribution in [2.75, 3.05) is 11.2 Å². The number of aromatic nitrogens is 3. The van der Waals surface area contributed by atoms with E-state index >= 15 is 0 Å². The Labute approximate surface area is 133 Å². The first-order valence-corrected chi connectivity index (χ1v) is 7.60. The molecule has 3 N–H and O–H groups in total. The van der Waals surface area contributed by atoms with Crippen molar-refractivity contribution in [2.24, 2.45) is 5.10 Å². The molecular weight excluding hydrogens is 298 g/mol. The summed E-state index contributed by atoms with van der Waals surface area (Å²) in [5.74, 6) is 1.38. The second kappa shape index (κ2) is 8.04. The number of hydrazone groups is 1. The number of allylic oxidation sites excluding steroid dienone is 1. The maximum atomic E-state index is 10.1. The Kier molecular flexibility index (Phi) is 5.79. The van der Waals surface area contributed by atoms with Gasteiger partial charge in [-0.05, 0) is 18.1 Å². The van der Waals surface area contributed by atoms with Gasteiger partial charge in [0.1, 0.15) is 5.75 Å². The molecular formula is C15H17N5OS. The minimum Gasteiger partial charge on any atom is -0.507 e. The fourth-order valence-electron chi connectivity index (χ4n) is 1.69. The largest absolute Gasteiger partial charge is 0.507 e. The highest BCUT2D eigenvalue weighted by molar-refractivity contribution is 7.99. The zero-order valence-corrected chi connectivity index (χ0v) is 12.8. The number of phenolic OH excluding ortho intramolecular Hbond substituents is 1. The maximum Gasteiger partial charge on any atom is 0.240 e. The molecule has 2 aromatic rings. The Morgan fingerprint density at radius 3 is 3.00 bits per heavy atom. The fraction of sp³-hybridized carbons (Fsp3) is 0.133. The number of aromatic amines is 1. The highest BCUT2D eigenvalue weighted by Gasteiger charge is 2.04. The molecule has 0 fully saturated rings. The Balaban J connectivity index is 2.00. The molecule has 1 heterocycles. The van der Waals surface area contributed by atoms with Crippen LogP contribution < -0.4 is 5.43 Å². The lowest BCUT2D eigenvalue weighted by atomic mass is 10.1. The van der Waals surface area contributed by atoms with E-state index in [9.17, 15) is 5.11 Å². The number of nitrogens with one attached hydrogen (secondary N) is 2. The lowest BCUT2D eigenvalue weighted by molar-refractivity contribution is 0.469. The summed E-state index contributed by atoms with van der Waals surface area (Å²) >= 11 is 1.47. The number of hydrogen-bond acceptors (Lipinski definition) is 6. The van der Waals surface area contributed by atoms with Gasteiger partial charge in [0.2, 0.25) is 11.1 Å². The smallest absolute Gasteiger partial charge is 0.240 e. The van der Waals surface area contributed by atoms with Crippen LogP contribution in [0.5, 0.6) is 5.75 Å². The Morgan fingerprint density at radius 1 is 1.36 bits per heavy atom. The first-order chi connectivity index (χ1) is 10.7. The van der Waals surface area contributed by atoms with E-state index in [0.717, 1.165) is 11.3 Å². The molecule has 0 saturated heterocycles. The number of anilines is 1. The molecule has 2 rings (SSSR count). The van der Waals surface area contributed by atoms with Crippen LogP contribution >= 0.6 is 11.8 Å². The average Bonchev–Trinajstić information content (AvgIpc) is 2.97. The Morgan fingerprint density at radius 2 is 2.23 bits per heavy atom. The number of para-hydroxylation sites is 1. The van der Waals surface area contributed by atoms with Gasteiger partial charge in [0.15, 0.2) is 0 Å². The van der Waals surface area contributed by atoms with Crippen molar-refractivity contribution in [3.63, 3.8) is 0 Å². The summed E-state index contributed by atoms with van der Waals surface area (Å²) < 4.78 is 0. The summed E-state index contributed by atoms with van der Waals surface area (Å²) in [6.07, 6.45) is 5.66. The van der Waals surface area contributed by atoms with Gasteiger partial charge in [0, 0.05) is 11.3 Å². The summed E-state index contributed by atoms with van der Waals surface area (Å²) in [6.45, 7) is 7.31. The van der Waals surface area contributed by atoms with Crippen LogP contribution in [0, 0.1) is 0 Å². The third-order valence-electron chi connectivity index (χ3n) is 2.68. The maximum absolute atomic E-state index is 10.1. The topological polar surface area (TPSA) is 86.2 Å². The van der Waals surface area contributed by atoms with Gasteiger partial charge in [0.05, 0.1) is 6.21 Å². The normalized spacial score (nSPS) is 10.7. The number of rotatable bonds is 8. The number of aromatic hydroxyl groups is 1. The summed E-state index contributed by atoms with van der Waals surface area (Å²) in [4.78, 5) is 4.20. The molecule has 1 aromatic carbocycles. The van der Waals surface area contributed by atoms with Gasteiger partial charge in [-0.3, -0.25) is 0 Å². The van der Waals surface area contributed by atoms with Gasteiger partial charge in [-0.2, -0.15) is 10.1 Å². The monoisotopic (exact) mass is 315 g/mol. The van der Waals surface area contributed by atoms with Crippen LogP contribution in [0.3, 0.4) is 0 Å². The number of H-pyrrole nitrogens is 1. The molecule has 0 aliphatic carbocycles. The molecule has 6 nitrogen and oxygen atoms in total. The third kappa shape index (κ3) is 4.23. The van der Waals surface area contributed by atoms with Crippen molar-refractivity contribution >= 4 is 23.9 Å². The zero-order valence-electron chi connectivity index (χ0n) is 12.0. The molecule has 114 valence electrons. The fourth-order valence-corrected chi connectivity index (χ4v) is 2.23. The first-order valence-electron chi connectivity index (χ1n) is 6.61. The molecule has 22 heavy (non-hydrogen) atoms. The Hall–Kier alpha value is -2.54. The van der Waals surface area contributed by atoms with Crippen molar-refractivity contribution in [1.82, 2.24) is 15.2 Å². The predicted molar refractivity (Wildman–Crippen MR) is 90.5 cm³/mol. The van der Waals surface area contributed by atoms with Crippen molar-refractivity contribution in [3.05, 3.63) is 54.6 Å². The molecule has 0 saturated carbocycles. The van der Waals surface area contributed by atoms with Crippen LogP contribution in [0.25, 0.3) is 0 Å². The quantitative estimate of drug-likeness (QED) is 0.302. The van der Waals surface area contributed by atoms with Crippen molar-refractivity contribution in [3.8, 4) is 5.75 Å². The van der Waals surface area contributed by atoms with Crippen LogP contribution in [0.15, 0.2) is 53.8 Å². The van der Waals surface area contributed by atoms with Gasteiger partial charge < -0.3 is 5.11 Å². The number of thioether (sulfide) groups is 1. The molecule has 0 atom stereocenters. The minimum atomic E-state index is 0.202. The van der Waals surface area contributed by atoms with Crippen LogP contribution in [-0.4, -0.2) is 32.3 Å². The van der Waals surface area contributed by atoms with Crippen molar-refractivity contribution in [2.45, 2.75) is 11.6 Å². The Bertz CT molecular complexity index is 680. The molecule has 0 aliphatic heterocycles. The van der Waals surface area contributed by atoms with E-state index in [-0.39, 0.29) is 5.75 Å². The average molecular weight is 315 g/mol. The summed E-state index contributed by atoms with van der Waals surface area (Å²) in [5.41, 5.74) is 4.16. The van der Waals surface area contributed by atoms with Crippen molar-refractivity contribution < 1.29 is 5.11 Å². The van der Waals surface area contributed by atoms with E-state index < -0.39 is 0 Å². The van der Waals surface area contributed by atoms with E-state index in [0.29, 0.717) is 23.1 Å². The number of benzene rings is 1. The van der Waals surface area contributed by atoms with Crippen LogP contribution in [0.1, 0.15) is 11.1 Å². The van der Waals surface area contributed by atoms with Gasteiger partial charge in [-0.1, -0.05) is 36.0 Å². The molecule has 0 spiro atoms. The first kappa shape index (κ1) is 15.8. The van der Waals surface area contributed by atoms with Gasteiger partial charge >= 0.3 is 0 Å². The highest BCUT2D eigenvalue weighted by Crippen LogP contribution is 2.21. The van der Waals surface area contributed by atoms with Gasteiger partial charge in [-0.25, -0.2) is 10.5 Å². The highest BCUT2D eigenvalue weighted by atomic mass is 32.2.